The van der Waals surface area contributed by atoms with Crippen molar-refractivity contribution in [3.8, 4) is 0 Å². The van der Waals surface area contributed by atoms with E-state index in [2.05, 4.69) is 4.98 Å². The Morgan fingerprint density at radius 2 is 1.89 bits per heavy atom. The summed E-state index contributed by atoms with van der Waals surface area (Å²) in [5.41, 5.74) is 7.23. The second kappa shape index (κ2) is 5.03. The van der Waals surface area contributed by atoms with E-state index in [1.54, 1.807) is 0 Å². The summed E-state index contributed by atoms with van der Waals surface area (Å²) in [6.45, 7) is 3.83. The summed E-state index contributed by atoms with van der Waals surface area (Å²) in [5.74, 6) is -0.512. The van der Waals surface area contributed by atoms with E-state index in [0.29, 0.717) is 20.7 Å². The number of anilines is 1. The third kappa shape index (κ3) is 2.46. The van der Waals surface area contributed by atoms with E-state index >= 15 is 0 Å². The first-order valence-corrected chi connectivity index (χ1v) is 6.84. The van der Waals surface area contributed by atoms with Crippen LogP contribution in [0.5, 0.6) is 0 Å². The summed E-state index contributed by atoms with van der Waals surface area (Å²) >= 11 is 13.5. The molecular formula is C12H11Cl2FN2S. The van der Waals surface area contributed by atoms with Crippen molar-refractivity contribution in [2.24, 2.45) is 0 Å². The molecule has 2 N–H and O–H groups in total. The molecule has 0 bridgehead atoms. The maximum atomic E-state index is 13.2. The van der Waals surface area contributed by atoms with Gasteiger partial charge in [0.1, 0.15) is 5.82 Å². The van der Waals surface area contributed by atoms with E-state index in [0.717, 1.165) is 10.6 Å². The lowest BCUT2D eigenvalue weighted by Gasteiger charge is -2.14. The largest absolute Gasteiger partial charge is 0.375 e. The molecule has 0 saturated heterocycles. The molecule has 18 heavy (non-hydrogen) atoms. The number of thiazole rings is 1. The standard InChI is InChI=1S/C12H11Cl2FN2S/c1-5(11-6(2)17-12(16)18-11)10-8(13)3-7(15)4-9(10)14/h3-5H,1-2H3,(H2,16,17). The van der Waals surface area contributed by atoms with Gasteiger partial charge in [0.05, 0.1) is 5.69 Å². The molecule has 1 atom stereocenters. The molecule has 1 unspecified atom stereocenters. The van der Waals surface area contributed by atoms with Crippen molar-refractivity contribution >= 4 is 39.7 Å². The third-order valence-corrected chi connectivity index (χ3v) is 4.51. The molecule has 1 aromatic carbocycles. The predicted octanol–water partition coefficient (Wildman–Crippen LogP) is 4.63. The fourth-order valence-electron chi connectivity index (χ4n) is 1.93. The number of nitrogens with two attached hydrogens (primary N) is 1. The second-order valence-electron chi connectivity index (χ2n) is 4.01. The quantitative estimate of drug-likeness (QED) is 0.878. The molecule has 1 heterocycles. The minimum Gasteiger partial charge on any atom is -0.375 e. The zero-order valence-corrected chi connectivity index (χ0v) is 12.1. The molecule has 0 spiro atoms. The first kappa shape index (κ1) is 13.6. The Bertz CT molecular complexity index is 575. The molecule has 96 valence electrons. The van der Waals surface area contributed by atoms with Gasteiger partial charge in [-0.3, -0.25) is 0 Å². The van der Waals surface area contributed by atoms with Gasteiger partial charge in [0.25, 0.3) is 0 Å². The Kier molecular flexibility index (Phi) is 3.80. The van der Waals surface area contributed by atoms with Crippen molar-refractivity contribution < 1.29 is 4.39 Å². The van der Waals surface area contributed by atoms with Crippen LogP contribution in [-0.2, 0) is 0 Å². The Hall–Kier alpha value is -0.840. The highest BCUT2D eigenvalue weighted by atomic mass is 35.5. The van der Waals surface area contributed by atoms with Gasteiger partial charge in [-0.2, -0.15) is 0 Å². The van der Waals surface area contributed by atoms with Crippen molar-refractivity contribution in [2.75, 3.05) is 5.73 Å². The monoisotopic (exact) mass is 304 g/mol. The van der Waals surface area contributed by atoms with Crippen LogP contribution in [0.25, 0.3) is 0 Å². The molecule has 2 rings (SSSR count). The van der Waals surface area contributed by atoms with Crippen LogP contribution in [0.15, 0.2) is 12.1 Å². The number of benzene rings is 1. The number of halogens is 3. The van der Waals surface area contributed by atoms with Crippen LogP contribution in [-0.4, -0.2) is 4.98 Å². The van der Waals surface area contributed by atoms with E-state index in [1.165, 1.54) is 23.5 Å². The maximum Gasteiger partial charge on any atom is 0.180 e. The highest BCUT2D eigenvalue weighted by Crippen LogP contribution is 2.39. The van der Waals surface area contributed by atoms with Gasteiger partial charge in [0.2, 0.25) is 0 Å². The molecule has 0 amide bonds. The first-order valence-electron chi connectivity index (χ1n) is 5.27. The lowest BCUT2D eigenvalue weighted by atomic mass is 9.98. The Morgan fingerprint density at radius 1 is 1.33 bits per heavy atom. The van der Waals surface area contributed by atoms with Crippen molar-refractivity contribution in [3.05, 3.63) is 44.1 Å². The zero-order chi connectivity index (χ0) is 13.4. The van der Waals surface area contributed by atoms with Crippen molar-refractivity contribution in [2.45, 2.75) is 19.8 Å². The maximum absolute atomic E-state index is 13.2. The van der Waals surface area contributed by atoms with Gasteiger partial charge < -0.3 is 5.73 Å². The number of hydrogen-bond acceptors (Lipinski definition) is 3. The molecule has 0 aliphatic rings. The molecule has 0 aliphatic carbocycles. The summed E-state index contributed by atoms with van der Waals surface area (Å²) < 4.78 is 13.2. The van der Waals surface area contributed by atoms with Crippen LogP contribution < -0.4 is 5.73 Å². The number of nitrogen functional groups attached to an aromatic ring is 1. The fraction of sp³-hybridized carbons (Fsp3) is 0.250. The molecule has 0 aliphatic heterocycles. The Labute approximate surface area is 119 Å². The molecule has 2 aromatic rings. The first-order chi connectivity index (χ1) is 8.40. The summed E-state index contributed by atoms with van der Waals surface area (Å²) in [7, 11) is 0. The SMILES string of the molecule is Cc1nc(N)sc1C(C)c1c(Cl)cc(F)cc1Cl. The molecule has 1 aromatic heterocycles. The van der Waals surface area contributed by atoms with Crippen LogP contribution >= 0.6 is 34.5 Å². The lowest BCUT2D eigenvalue weighted by Crippen LogP contribution is -1.99. The number of rotatable bonds is 2. The van der Waals surface area contributed by atoms with Crippen LogP contribution in [0.3, 0.4) is 0 Å². The van der Waals surface area contributed by atoms with E-state index in [9.17, 15) is 4.39 Å². The number of nitrogens with zero attached hydrogens (tertiary/aromatic N) is 1. The van der Waals surface area contributed by atoms with Crippen LogP contribution in [0.2, 0.25) is 10.0 Å². The topological polar surface area (TPSA) is 38.9 Å². The Morgan fingerprint density at radius 3 is 2.33 bits per heavy atom. The summed E-state index contributed by atoms with van der Waals surface area (Å²) in [4.78, 5) is 5.16. The molecule has 0 fully saturated rings. The van der Waals surface area contributed by atoms with E-state index < -0.39 is 5.82 Å². The molecule has 0 radical (unpaired) electrons. The Balaban J connectivity index is 2.52. The lowest BCUT2D eigenvalue weighted by molar-refractivity contribution is 0.627. The van der Waals surface area contributed by atoms with Crippen molar-refractivity contribution in [1.29, 1.82) is 0 Å². The predicted molar refractivity (Wildman–Crippen MR) is 75.2 cm³/mol. The van der Waals surface area contributed by atoms with Crippen molar-refractivity contribution in [3.63, 3.8) is 0 Å². The van der Waals surface area contributed by atoms with E-state index in [4.69, 9.17) is 28.9 Å². The average Bonchev–Trinajstić information content (AvgIpc) is 2.56. The molecule has 2 nitrogen and oxygen atoms in total. The molecule has 0 saturated carbocycles. The summed E-state index contributed by atoms with van der Waals surface area (Å²) in [6, 6.07) is 2.53. The van der Waals surface area contributed by atoms with Crippen molar-refractivity contribution in [1.82, 2.24) is 4.98 Å². The van der Waals surface area contributed by atoms with Gasteiger partial charge >= 0.3 is 0 Å². The van der Waals surface area contributed by atoms with E-state index in [-0.39, 0.29) is 5.92 Å². The second-order valence-corrected chi connectivity index (χ2v) is 5.88. The van der Waals surface area contributed by atoms with Gasteiger partial charge in [-0.25, -0.2) is 9.37 Å². The smallest absolute Gasteiger partial charge is 0.180 e. The van der Waals surface area contributed by atoms with Gasteiger partial charge in [-0.1, -0.05) is 30.1 Å². The minimum absolute atomic E-state index is 0.0691. The normalized spacial score (nSPS) is 12.7. The van der Waals surface area contributed by atoms with Gasteiger partial charge in [0.15, 0.2) is 5.13 Å². The number of aromatic nitrogens is 1. The fourth-order valence-corrected chi connectivity index (χ4v) is 3.61. The van der Waals surface area contributed by atoms with Crippen LogP contribution in [0.1, 0.15) is 29.0 Å². The number of hydrogen-bond donors (Lipinski definition) is 1. The average molecular weight is 305 g/mol. The van der Waals surface area contributed by atoms with Crippen LogP contribution in [0.4, 0.5) is 9.52 Å². The minimum atomic E-state index is -0.443. The van der Waals surface area contributed by atoms with Gasteiger partial charge in [-0.15, -0.1) is 11.3 Å². The van der Waals surface area contributed by atoms with E-state index in [1.807, 2.05) is 13.8 Å². The highest BCUT2D eigenvalue weighted by molar-refractivity contribution is 7.15. The molecule has 6 heteroatoms. The summed E-state index contributed by atoms with van der Waals surface area (Å²) in [6.07, 6.45) is 0. The van der Waals surface area contributed by atoms with Gasteiger partial charge in [0, 0.05) is 20.8 Å². The molecular weight excluding hydrogens is 294 g/mol. The number of aryl methyl sites for hydroxylation is 1. The van der Waals surface area contributed by atoms with Crippen LogP contribution in [0, 0.1) is 12.7 Å². The van der Waals surface area contributed by atoms with Gasteiger partial charge in [-0.05, 0) is 24.6 Å². The zero-order valence-electron chi connectivity index (χ0n) is 9.80. The third-order valence-electron chi connectivity index (χ3n) is 2.72. The summed E-state index contributed by atoms with van der Waals surface area (Å²) in [5, 5.41) is 1.14. The highest BCUT2D eigenvalue weighted by Gasteiger charge is 2.21.